The van der Waals surface area contributed by atoms with Gasteiger partial charge in [-0.1, -0.05) is 50.7 Å². The third-order valence-electron chi connectivity index (χ3n) is 5.38. The van der Waals surface area contributed by atoms with Gasteiger partial charge in [-0.2, -0.15) is 14.9 Å². The zero-order chi connectivity index (χ0) is 17.9. The second-order valence-electron chi connectivity index (χ2n) is 7.18. The van der Waals surface area contributed by atoms with E-state index in [9.17, 15) is 4.39 Å². The summed E-state index contributed by atoms with van der Waals surface area (Å²) in [5, 5.41) is 17.2. The second kappa shape index (κ2) is 10.7. The Hall–Kier alpha value is -2.13. The van der Waals surface area contributed by atoms with Gasteiger partial charge in [0.25, 0.3) is 0 Å². The summed E-state index contributed by atoms with van der Waals surface area (Å²) < 4.78 is 12.8. The van der Waals surface area contributed by atoms with Gasteiger partial charge in [-0.3, -0.25) is 0 Å². The van der Waals surface area contributed by atoms with Crippen molar-refractivity contribution < 1.29 is 4.39 Å². The fourth-order valence-corrected chi connectivity index (χ4v) is 3.81. The molecule has 0 atom stereocenters. The predicted octanol–water partition coefficient (Wildman–Crippen LogP) is 6.23. The Bertz CT molecular complexity index is 625. The smallest absolute Gasteiger partial charge is 0.195 e. The molecular formula is C22H27FN2. The van der Waals surface area contributed by atoms with E-state index in [0.29, 0.717) is 12.3 Å². The number of nitriles is 2. The third-order valence-corrected chi connectivity index (χ3v) is 5.38. The normalized spacial score (nSPS) is 20.7. The van der Waals surface area contributed by atoms with E-state index < -0.39 is 5.83 Å². The summed E-state index contributed by atoms with van der Waals surface area (Å²) in [7, 11) is 0. The molecule has 25 heavy (non-hydrogen) atoms. The van der Waals surface area contributed by atoms with E-state index >= 15 is 0 Å². The molecule has 1 fully saturated rings. The molecule has 0 saturated heterocycles. The van der Waals surface area contributed by atoms with E-state index in [1.165, 1.54) is 62.7 Å². The largest absolute Gasteiger partial charge is 0.196 e. The Morgan fingerprint density at radius 2 is 1.64 bits per heavy atom. The summed E-state index contributed by atoms with van der Waals surface area (Å²) in [4.78, 5) is 0. The first-order valence-corrected chi connectivity index (χ1v) is 9.46. The molecular weight excluding hydrogens is 311 g/mol. The molecule has 0 radical (unpaired) electrons. The first kappa shape index (κ1) is 19.2. The molecule has 0 N–H and O–H groups in total. The van der Waals surface area contributed by atoms with Crippen LogP contribution in [0.25, 0.3) is 0 Å². The first-order chi connectivity index (χ1) is 12.2. The molecule has 1 aromatic rings. The maximum Gasteiger partial charge on any atom is 0.196 e. The number of rotatable bonds is 8. The highest BCUT2D eigenvalue weighted by atomic mass is 19.1. The van der Waals surface area contributed by atoms with Gasteiger partial charge in [0.1, 0.15) is 6.07 Å². The zero-order valence-electron chi connectivity index (χ0n) is 14.9. The number of aryl methyl sites for hydroxylation is 1. The van der Waals surface area contributed by atoms with Crippen molar-refractivity contribution in [3.8, 4) is 12.1 Å². The van der Waals surface area contributed by atoms with Crippen LogP contribution < -0.4 is 0 Å². The van der Waals surface area contributed by atoms with Crippen LogP contribution in [0.1, 0.15) is 68.9 Å². The number of hydrogen-bond acceptors (Lipinski definition) is 2. The second-order valence-corrected chi connectivity index (χ2v) is 7.18. The van der Waals surface area contributed by atoms with Crippen LogP contribution in [0.5, 0.6) is 0 Å². The molecule has 0 amide bonds. The first-order valence-electron chi connectivity index (χ1n) is 9.46. The van der Waals surface area contributed by atoms with Gasteiger partial charge in [0, 0.05) is 0 Å². The van der Waals surface area contributed by atoms with E-state index in [1.54, 1.807) is 0 Å². The van der Waals surface area contributed by atoms with Crippen molar-refractivity contribution in [3.05, 3.63) is 47.3 Å². The molecule has 0 unspecified atom stereocenters. The van der Waals surface area contributed by atoms with E-state index in [0.717, 1.165) is 24.3 Å². The molecule has 0 heterocycles. The third kappa shape index (κ3) is 7.10. The monoisotopic (exact) mass is 338 g/mol. The van der Waals surface area contributed by atoms with Crippen LogP contribution in [0.15, 0.2) is 36.2 Å². The summed E-state index contributed by atoms with van der Waals surface area (Å²) >= 11 is 0. The van der Waals surface area contributed by atoms with Crippen molar-refractivity contribution in [2.75, 3.05) is 0 Å². The maximum atomic E-state index is 12.8. The Morgan fingerprint density at radius 3 is 2.24 bits per heavy atom. The van der Waals surface area contributed by atoms with Gasteiger partial charge in [0.2, 0.25) is 0 Å². The number of benzene rings is 1. The van der Waals surface area contributed by atoms with Gasteiger partial charge < -0.3 is 0 Å². The quantitative estimate of drug-likeness (QED) is 0.416. The summed E-state index contributed by atoms with van der Waals surface area (Å²) in [5.41, 5.74) is 2.05. The lowest BCUT2D eigenvalue weighted by Gasteiger charge is -2.28. The summed E-state index contributed by atoms with van der Waals surface area (Å²) in [6.45, 7) is 0. The Kier molecular flexibility index (Phi) is 8.20. The molecule has 0 aromatic heterocycles. The fraction of sp³-hybridized carbons (Fsp3) is 0.545. The average molecular weight is 338 g/mol. The van der Waals surface area contributed by atoms with Crippen molar-refractivity contribution in [1.82, 2.24) is 0 Å². The topological polar surface area (TPSA) is 47.6 Å². The Balaban J connectivity index is 1.56. The van der Waals surface area contributed by atoms with E-state index in [4.69, 9.17) is 10.5 Å². The van der Waals surface area contributed by atoms with Crippen molar-refractivity contribution in [1.29, 1.82) is 10.5 Å². The SMILES string of the molecule is N#CC(F)=CCC[C@H]1CC[C@H](CCCCc2ccc(C#N)cc2)CC1. The highest BCUT2D eigenvalue weighted by Gasteiger charge is 2.20. The lowest BCUT2D eigenvalue weighted by atomic mass is 9.78. The minimum Gasteiger partial charge on any atom is -0.195 e. The Morgan fingerprint density at radius 1 is 1.00 bits per heavy atom. The number of hydrogen-bond donors (Lipinski definition) is 0. The van der Waals surface area contributed by atoms with Crippen molar-refractivity contribution in [3.63, 3.8) is 0 Å². The molecule has 1 saturated carbocycles. The minimum atomic E-state index is -0.643. The van der Waals surface area contributed by atoms with Crippen LogP contribution in [0.4, 0.5) is 4.39 Å². The number of halogens is 1. The van der Waals surface area contributed by atoms with E-state index in [1.807, 2.05) is 12.1 Å². The molecule has 0 bridgehead atoms. The summed E-state index contributed by atoms with van der Waals surface area (Å²) in [6, 6.07) is 11.6. The van der Waals surface area contributed by atoms with Crippen molar-refractivity contribution >= 4 is 0 Å². The van der Waals surface area contributed by atoms with Gasteiger partial charge in [0.05, 0.1) is 11.6 Å². The van der Waals surface area contributed by atoms with Crippen LogP contribution in [-0.4, -0.2) is 0 Å². The zero-order valence-corrected chi connectivity index (χ0v) is 14.9. The maximum absolute atomic E-state index is 12.8. The molecule has 1 aliphatic rings. The van der Waals surface area contributed by atoms with Crippen LogP contribution in [0.2, 0.25) is 0 Å². The molecule has 1 aliphatic carbocycles. The van der Waals surface area contributed by atoms with E-state index in [-0.39, 0.29) is 0 Å². The van der Waals surface area contributed by atoms with Crippen molar-refractivity contribution in [2.45, 2.75) is 64.2 Å². The van der Waals surface area contributed by atoms with Gasteiger partial charge in [0.15, 0.2) is 5.83 Å². The van der Waals surface area contributed by atoms with Crippen LogP contribution >= 0.6 is 0 Å². The molecule has 3 heteroatoms. The van der Waals surface area contributed by atoms with Crippen molar-refractivity contribution in [2.24, 2.45) is 11.8 Å². The summed E-state index contributed by atoms with van der Waals surface area (Å²) in [5.74, 6) is 0.914. The number of allylic oxidation sites excluding steroid dienone is 2. The minimum absolute atomic E-state index is 0.643. The fourth-order valence-electron chi connectivity index (χ4n) is 3.81. The average Bonchev–Trinajstić information content (AvgIpc) is 2.66. The standard InChI is InChI=1S/C22H27FN2/c23-22(17-25)7-3-6-20-10-8-18(9-11-20)4-1-2-5-19-12-14-21(16-24)15-13-19/h7,12-15,18,20H,1-6,8-11H2/t18-,20-. The van der Waals surface area contributed by atoms with Gasteiger partial charge in [-0.25, -0.2) is 0 Å². The van der Waals surface area contributed by atoms with E-state index in [2.05, 4.69) is 18.2 Å². The van der Waals surface area contributed by atoms with Gasteiger partial charge in [-0.15, -0.1) is 0 Å². The number of nitrogens with zero attached hydrogens (tertiary/aromatic N) is 2. The van der Waals surface area contributed by atoms with Gasteiger partial charge in [-0.05, 0) is 61.3 Å². The molecule has 2 rings (SSSR count). The predicted molar refractivity (Wildman–Crippen MR) is 98.2 cm³/mol. The lowest BCUT2D eigenvalue weighted by molar-refractivity contribution is 0.250. The molecule has 2 nitrogen and oxygen atoms in total. The van der Waals surface area contributed by atoms with Crippen LogP contribution in [0, 0.1) is 34.5 Å². The van der Waals surface area contributed by atoms with Gasteiger partial charge >= 0.3 is 0 Å². The van der Waals surface area contributed by atoms with Crippen LogP contribution in [0.3, 0.4) is 0 Å². The highest BCUT2D eigenvalue weighted by molar-refractivity contribution is 5.31. The molecule has 0 spiro atoms. The molecule has 1 aromatic carbocycles. The lowest BCUT2D eigenvalue weighted by Crippen LogP contribution is -2.14. The Labute approximate surface area is 151 Å². The molecule has 0 aliphatic heterocycles. The number of unbranched alkanes of at least 4 members (excludes halogenated alkanes) is 1. The van der Waals surface area contributed by atoms with Crippen LogP contribution in [-0.2, 0) is 6.42 Å². The molecule has 132 valence electrons. The summed E-state index contributed by atoms with van der Waals surface area (Å²) in [6.07, 6.45) is 13.1. The highest BCUT2D eigenvalue weighted by Crippen LogP contribution is 2.34.